The summed E-state index contributed by atoms with van der Waals surface area (Å²) in [5.74, 6) is -0.844. The standard InChI is InChI=1S/C35H42ClN3O5/c1-35(2,3)44-34(43)39-20-18-37(19-21-39)23-24-4-13-30(25-5-9-28(36)10-6-25)31(22-24)32(40)26-14-16-38(17-15-26)29-11-7-27(8-12-29)33(41)42/h4-13,22,26,32,40H,14-21,23H2,1-3H3,(H,41,42). The van der Waals surface area contributed by atoms with Gasteiger partial charge in [0.05, 0.1) is 11.7 Å². The van der Waals surface area contributed by atoms with Crippen molar-refractivity contribution < 1.29 is 24.5 Å². The number of hydrogen-bond acceptors (Lipinski definition) is 6. The van der Waals surface area contributed by atoms with E-state index in [1.54, 1.807) is 17.0 Å². The molecule has 0 radical (unpaired) electrons. The molecule has 0 saturated carbocycles. The van der Waals surface area contributed by atoms with Crippen molar-refractivity contribution in [3.8, 4) is 11.1 Å². The van der Waals surface area contributed by atoms with E-state index in [0.717, 1.165) is 73.5 Å². The maximum Gasteiger partial charge on any atom is 0.410 e. The van der Waals surface area contributed by atoms with E-state index in [0.29, 0.717) is 18.1 Å². The second-order valence-corrected chi connectivity index (χ2v) is 13.2. The fraction of sp³-hybridized carbons (Fsp3) is 0.429. The van der Waals surface area contributed by atoms with Crippen molar-refractivity contribution in [1.82, 2.24) is 9.80 Å². The summed E-state index contributed by atoms with van der Waals surface area (Å²) < 4.78 is 5.55. The average molecular weight is 620 g/mol. The van der Waals surface area contributed by atoms with Crippen molar-refractivity contribution in [3.63, 3.8) is 0 Å². The van der Waals surface area contributed by atoms with Crippen LogP contribution in [-0.2, 0) is 11.3 Å². The molecular formula is C35H42ClN3O5. The molecule has 1 atom stereocenters. The van der Waals surface area contributed by atoms with Crippen LogP contribution in [-0.4, -0.2) is 76.9 Å². The molecule has 3 aromatic carbocycles. The number of aliphatic hydroxyl groups is 1. The molecule has 2 aliphatic rings. The van der Waals surface area contributed by atoms with Crippen LogP contribution in [0.4, 0.5) is 10.5 Å². The van der Waals surface area contributed by atoms with E-state index >= 15 is 0 Å². The first-order valence-corrected chi connectivity index (χ1v) is 15.7. The topological polar surface area (TPSA) is 93.6 Å². The first-order chi connectivity index (χ1) is 21.0. The number of aromatic carboxylic acids is 1. The highest BCUT2D eigenvalue weighted by Crippen LogP contribution is 2.38. The predicted octanol–water partition coefficient (Wildman–Crippen LogP) is 6.71. The zero-order chi connectivity index (χ0) is 31.4. The highest BCUT2D eigenvalue weighted by Gasteiger charge is 2.30. The minimum Gasteiger partial charge on any atom is -0.478 e. The Kier molecular flexibility index (Phi) is 9.83. The third-order valence-corrected chi connectivity index (χ3v) is 8.74. The van der Waals surface area contributed by atoms with Gasteiger partial charge in [0, 0.05) is 56.5 Å². The molecule has 2 fully saturated rings. The smallest absolute Gasteiger partial charge is 0.410 e. The SMILES string of the molecule is CC(C)(C)OC(=O)N1CCN(Cc2ccc(-c3ccc(Cl)cc3)c(C(O)C3CCN(c4ccc(C(=O)O)cc4)CC3)c2)CC1. The maximum atomic E-state index is 12.5. The molecule has 234 valence electrons. The number of anilines is 1. The quantitative estimate of drug-likeness (QED) is 0.304. The fourth-order valence-electron chi connectivity index (χ4n) is 6.06. The molecule has 3 aromatic rings. The van der Waals surface area contributed by atoms with Gasteiger partial charge in [-0.05, 0) is 98.2 Å². The molecule has 1 unspecified atom stereocenters. The van der Waals surface area contributed by atoms with Crippen molar-refractivity contribution in [2.45, 2.75) is 51.9 Å². The van der Waals surface area contributed by atoms with Crippen LogP contribution in [0.15, 0.2) is 66.7 Å². The number of carbonyl (C=O) groups excluding carboxylic acids is 1. The van der Waals surface area contributed by atoms with Gasteiger partial charge in [0.15, 0.2) is 0 Å². The Labute approximate surface area is 264 Å². The molecule has 0 aromatic heterocycles. The second kappa shape index (κ2) is 13.6. The number of halogens is 1. The van der Waals surface area contributed by atoms with Crippen LogP contribution in [0.25, 0.3) is 11.1 Å². The van der Waals surface area contributed by atoms with Gasteiger partial charge >= 0.3 is 12.1 Å². The number of nitrogens with zero attached hydrogens (tertiary/aromatic N) is 3. The van der Waals surface area contributed by atoms with E-state index in [1.807, 2.05) is 57.2 Å². The lowest BCUT2D eigenvalue weighted by Crippen LogP contribution is -2.49. The molecule has 9 heteroatoms. The van der Waals surface area contributed by atoms with Gasteiger partial charge in [-0.1, -0.05) is 41.9 Å². The van der Waals surface area contributed by atoms with Crippen LogP contribution in [0.2, 0.25) is 5.02 Å². The molecule has 2 saturated heterocycles. The Hall–Kier alpha value is -3.59. The van der Waals surface area contributed by atoms with Crippen LogP contribution < -0.4 is 4.90 Å². The van der Waals surface area contributed by atoms with Gasteiger partial charge in [0.2, 0.25) is 0 Å². The number of rotatable bonds is 7. The van der Waals surface area contributed by atoms with E-state index < -0.39 is 17.7 Å². The Morgan fingerprint density at radius 1 is 0.909 bits per heavy atom. The Bertz CT molecular complexity index is 1440. The number of amides is 1. The number of carboxylic acids is 1. The lowest BCUT2D eigenvalue weighted by Gasteiger charge is -2.37. The molecule has 0 bridgehead atoms. The summed E-state index contributed by atoms with van der Waals surface area (Å²) in [5.41, 5.74) is 4.81. The predicted molar refractivity (Wildman–Crippen MR) is 173 cm³/mol. The second-order valence-electron chi connectivity index (χ2n) is 12.8. The normalized spacial score (nSPS) is 17.4. The summed E-state index contributed by atoms with van der Waals surface area (Å²) in [7, 11) is 0. The van der Waals surface area contributed by atoms with Crippen molar-refractivity contribution in [2.24, 2.45) is 5.92 Å². The molecule has 2 aliphatic heterocycles. The summed E-state index contributed by atoms with van der Waals surface area (Å²) >= 11 is 6.19. The van der Waals surface area contributed by atoms with E-state index in [1.165, 1.54) is 0 Å². The summed E-state index contributed by atoms with van der Waals surface area (Å²) in [4.78, 5) is 30.1. The molecule has 0 aliphatic carbocycles. The zero-order valence-electron chi connectivity index (χ0n) is 25.7. The molecule has 1 amide bonds. The third-order valence-electron chi connectivity index (χ3n) is 8.49. The molecule has 8 nitrogen and oxygen atoms in total. The maximum absolute atomic E-state index is 12.5. The molecule has 2 heterocycles. The van der Waals surface area contributed by atoms with E-state index in [4.69, 9.17) is 16.3 Å². The lowest BCUT2D eigenvalue weighted by atomic mass is 9.83. The van der Waals surface area contributed by atoms with Crippen LogP contribution >= 0.6 is 11.6 Å². The molecule has 2 N–H and O–H groups in total. The largest absolute Gasteiger partial charge is 0.478 e. The summed E-state index contributed by atoms with van der Waals surface area (Å²) in [6.45, 7) is 10.7. The van der Waals surface area contributed by atoms with Gasteiger partial charge in [-0.2, -0.15) is 0 Å². The number of hydrogen-bond donors (Lipinski definition) is 2. The number of carboxylic acid groups (broad SMARTS) is 1. The Balaban J connectivity index is 1.28. The highest BCUT2D eigenvalue weighted by molar-refractivity contribution is 6.30. The zero-order valence-corrected chi connectivity index (χ0v) is 26.5. The van der Waals surface area contributed by atoms with Crippen molar-refractivity contribution in [3.05, 3.63) is 88.4 Å². The van der Waals surface area contributed by atoms with Gasteiger partial charge in [0.1, 0.15) is 5.60 Å². The van der Waals surface area contributed by atoms with Gasteiger partial charge in [-0.3, -0.25) is 4.90 Å². The minimum atomic E-state index is -0.930. The van der Waals surface area contributed by atoms with E-state index in [9.17, 15) is 19.8 Å². The number of aliphatic hydroxyl groups excluding tert-OH is 1. The third kappa shape index (κ3) is 7.92. The van der Waals surface area contributed by atoms with E-state index in [2.05, 4.69) is 28.0 Å². The van der Waals surface area contributed by atoms with Gasteiger partial charge < -0.3 is 24.7 Å². The fourth-order valence-corrected chi connectivity index (χ4v) is 6.19. The molecule has 0 spiro atoms. The van der Waals surface area contributed by atoms with Crippen molar-refractivity contribution in [1.29, 1.82) is 0 Å². The average Bonchev–Trinajstić information content (AvgIpc) is 3.01. The van der Waals surface area contributed by atoms with Gasteiger partial charge in [-0.15, -0.1) is 0 Å². The minimum absolute atomic E-state index is 0.0863. The molecule has 5 rings (SSSR count). The summed E-state index contributed by atoms with van der Waals surface area (Å²) in [5, 5.41) is 21.7. The Morgan fingerprint density at radius 3 is 2.14 bits per heavy atom. The van der Waals surface area contributed by atoms with Crippen molar-refractivity contribution in [2.75, 3.05) is 44.2 Å². The Morgan fingerprint density at radius 2 is 1.55 bits per heavy atom. The van der Waals surface area contributed by atoms with Gasteiger partial charge in [-0.25, -0.2) is 9.59 Å². The van der Waals surface area contributed by atoms with Crippen molar-refractivity contribution >= 4 is 29.4 Å². The number of carbonyl (C=O) groups is 2. The first kappa shape index (κ1) is 31.8. The number of piperazine rings is 1. The van der Waals surface area contributed by atoms with Gasteiger partial charge in [0.25, 0.3) is 0 Å². The summed E-state index contributed by atoms with van der Waals surface area (Å²) in [6.07, 6.45) is 0.733. The lowest BCUT2D eigenvalue weighted by molar-refractivity contribution is 0.0138. The first-order valence-electron chi connectivity index (χ1n) is 15.3. The van der Waals surface area contributed by atoms with Crippen LogP contribution in [0.1, 0.15) is 61.2 Å². The highest BCUT2D eigenvalue weighted by atomic mass is 35.5. The van der Waals surface area contributed by atoms with E-state index in [-0.39, 0.29) is 17.6 Å². The molecular weight excluding hydrogens is 578 g/mol. The number of ether oxygens (including phenoxy) is 1. The molecule has 44 heavy (non-hydrogen) atoms. The number of piperidine rings is 1. The van der Waals surface area contributed by atoms with Crippen LogP contribution in [0.5, 0.6) is 0 Å². The number of benzene rings is 3. The van der Waals surface area contributed by atoms with Crippen LogP contribution in [0, 0.1) is 5.92 Å². The van der Waals surface area contributed by atoms with Crippen LogP contribution in [0.3, 0.4) is 0 Å². The monoisotopic (exact) mass is 619 g/mol. The summed E-state index contributed by atoms with van der Waals surface area (Å²) in [6, 6.07) is 21.1.